The highest BCUT2D eigenvalue weighted by atomic mass is 16.6. The fourth-order valence-corrected chi connectivity index (χ4v) is 0.567. The van der Waals surface area contributed by atoms with E-state index in [0.717, 1.165) is 12.8 Å². The summed E-state index contributed by atoms with van der Waals surface area (Å²) < 4.78 is 9.01. The number of ether oxygens (including phenoxy) is 2. The highest BCUT2D eigenvalue weighted by Crippen LogP contribution is 1.93. The molecule has 0 atom stereocenters. The van der Waals surface area contributed by atoms with E-state index in [-0.39, 0.29) is 13.2 Å². The minimum Gasteiger partial charge on any atom is -0.447 e. The molecule has 0 saturated heterocycles. The lowest BCUT2D eigenvalue weighted by Gasteiger charge is -1.97. The maximum absolute atomic E-state index is 10.7. The fraction of sp³-hybridized carbons (Fsp3) is 0.750. The van der Waals surface area contributed by atoms with E-state index in [1.807, 2.05) is 6.92 Å². The van der Waals surface area contributed by atoms with Crippen molar-refractivity contribution in [2.24, 2.45) is 10.2 Å². The number of carbonyl (C=O) groups excluding carboxylic acids is 2. The summed E-state index contributed by atoms with van der Waals surface area (Å²) >= 11 is 0. The zero-order valence-electron chi connectivity index (χ0n) is 8.36. The van der Waals surface area contributed by atoms with Gasteiger partial charge in [0.1, 0.15) is 0 Å². The Labute approximate surface area is 82.3 Å². The number of unbranched alkanes of at least 4 members (excludes halogenated alkanes) is 1. The van der Waals surface area contributed by atoms with Crippen LogP contribution in [0.5, 0.6) is 0 Å². The second-order valence-corrected chi connectivity index (χ2v) is 2.37. The van der Waals surface area contributed by atoms with Gasteiger partial charge in [-0.3, -0.25) is 0 Å². The maximum atomic E-state index is 10.7. The van der Waals surface area contributed by atoms with Crippen molar-refractivity contribution in [3.05, 3.63) is 0 Å². The first-order valence-corrected chi connectivity index (χ1v) is 4.46. The predicted octanol–water partition coefficient (Wildman–Crippen LogP) is 2.53. The molecule has 0 bridgehead atoms. The van der Waals surface area contributed by atoms with Gasteiger partial charge in [0.25, 0.3) is 0 Å². The fourth-order valence-electron chi connectivity index (χ4n) is 0.567. The van der Waals surface area contributed by atoms with Crippen molar-refractivity contribution in [1.82, 2.24) is 0 Å². The second kappa shape index (κ2) is 8.15. The third-order valence-corrected chi connectivity index (χ3v) is 1.20. The predicted molar refractivity (Wildman–Crippen MR) is 48.1 cm³/mol. The largest absolute Gasteiger partial charge is 0.452 e. The molecule has 0 radical (unpaired) electrons. The van der Waals surface area contributed by atoms with Gasteiger partial charge in [-0.05, 0) is 13.3 Å². The minimum atomic E-state index is -0.889. The molecule has 0 spiro atoms. The van der Waals surface area contributed by atoms with Crippen LogP contribution >= 0.6 is 0 Å². The van der Waals surface area contributed by atoms with Gasteiger partial charge >= 0.3 is 12.2 Å². The van der Waals surface area contributed by atoms with Gasteiger partial charge in [0, 0.05) is 0 Å². The summed E-state index contributed by atoms with van der Waals surface area (Å²) in [4.78, 5) is 21.3. The Kier molecular flexibility index (Phi) is 7.30. The van der Waals surface area contributed by atoms with E-state index < -0.39 is 12.2 Å². The first-order valence-electron chi connectivity index (χ1n) is 4.46. The van der Waals surface area contributed by atoms with Crippen LogP contribution in [-0.4, -0.2) is 25.4 Å². The van der Waals surface area contributed by atoms with E-state index in [1.54, 1.807) is 6.92 Å². The zero-order valence-corrected chi connectivity index (χ0v) is 8.36. The highest BCUT2D eigenvalue weighted by Gasteiger charge is 2.01. The molecule has 0 aliphatic carbocycles. The molecule has 0 heterocycles. The van der Waals surface area contributed by atoms with Crippen molar-refractivity contribution in [3.8, 4) is 0 Å². The van der Waals surface area contributed by atoms with Crippen LogP contribution in [0.2, 0.25) is 0 Å². The normalized spacial score (nSPS) is 10.1. The number of rotatable bonds is 4. The minimum absolute atomic E-state index is 0.197. The summed E-state index contributed by atoms with van der Waals surface area (Å²) in [6, 6.07) is 0. The van der Waals surface area contributed by atoms with Crippen molar-refractivity contribution in [3.63, 3.8) is 0 Å². The molecule has 0 aliphatic rings. The molecule has 2 amide bonds. The van der Waals surface area contributed by atoms with Crippen molar-refractivity contribution >= 4 is 12.2 Å². The Balaban J connectivity index is 3.64. The summed E-state index contributed by atoms with van der Waals surface area (Å²) in [7, 11) is 0. The van der Waals surface area contributed by atoms with E-state index in [9.17, 15) is 9.59 Å². The number of azo groups is 1. The molecule has 6 heteroatoms. The number of hydrogen-bond acceptors (Lipinski definition) is 4. The van der Waals surface area contributed by atoms with Crippen molar-refractivity contribution < 1.29 is 19.1 Å². The molecule has 6 nitrogen and oxygen atoms in total. The van der Waals surface area contributed by atoms with Crippen LogP contribution in [0.4, 0.5) is 9.59 Å². The van der Waals surface area contributed by atoms with Crippen LogP contribution in [0.1, 0.15) is 26.7 Å². The molecule has 14 heavy (non-hydrogen) atoms. The van der Waals surface area contributed by atoms with E-state index in [1.165, 1.54) is 0 Å². The van der Waals surface area contributed by atoms with Gasteiger partial charge in [-0.1, -0.05) is 23.6 Å². The molecule has 0 unspecified atom stereocenters. The van der Waals surface area contributed by atoms with E-state index in [4.69, 9.17) is 0 Å². The second-order valence-electron chi connectivity index (χ2n) is 2.37. The average Bonchev–Trinajstić information content (AvgIpc) is 2.16. The van der Waals surface area contributed by atoms with Crippen LogP contribution < -0.4 is 0 Å². The number of nitrogens with zero attached hydrogens (tertiary/aromatic N) is 2. The molecular weight excluding hydrogens is 188 g/mol. The molecule has 0 saturated carbocycles. The Morgan fingerprint density at radius 3 is 2.14 bits per heavy atom. The van der Waals surface area contributed by atoms with Gasteiger partial charge in [0.05, 0.1) is 13.2 Å². The van der Waals surface area contributed by atoms with Gasteiger partial charge in [0.2, 0.25) is 0 Å². The molecule has 0 N–H and O–H groups in total. The molecule has 0 aromatic heterocycles. The summed E-state index contributed by atoms with van der Waals surface area (Å²) in [5.74, 6) is 0. The van der Waals surface area contributed by atoms with Gasteiger partial charge in [-0.2, -0.15) is 0 Å². The summed E-state index contributed by atoms with van der Waals surface area (Å²) in [6.07, 6.45) is -0.0744. The van der Waals surface area contributed by atoms with Gasteiger partial charge < -0.3 is 9.47 Å². The Hall–Kier alpha value is -1.46. The molecule has 0 fully saturated rings. The van der Waals surface area contributed by atoms with Gasteiger partial charge in [0.15, 0.2) is 0 Å². The van der Waals surface area contributed by atoms with E-state index in [2.05, 4.69) is 19.7 Å². The first kappa shape index (κ1) is 12.5. The van der Waals surface area contributed by atoms with Crippen molar-refractivity contribution in [1.29, 1.82) is 0 Å². The molecule has 0 rings (SSSR count). The molecular formula is C8H14N2O4. The van der Waals surface area contributed by atoms with Crippen molar-refractivity contribution in [2.45, 2.75) is 26.7 Å². The Morgan fingerprint density at radius 1 is 1.07 bits per heavy atom. The van der Waals surface area contributed by atoms with Crippen molar-refractivity contribution in [2.75, 3.05) is 13.2 Å². The first-order chi connectivity index (χ1) is 6.70. The highest BCUT2D eigenvalue weighted by molar-refractivity contribution is 5.73. The molecule has 0 aromatic rings. The molecule has 80 valence electrons. The Morgan fingerprint density at radius 2 is 1.64 bits per heavy atom. The summed E-state index contributed by atoms with van der Waals surface area (Å²) in [5, 5.41) is 5.99. The monoisotopic (exact) mass is 202 g/mol. The Bertz CT molecular complexity index is 215. The zero-order chi connectivity index (χ0) is 10.8. The third-order valence-electron chi connectivity index (χ3n) is 1.20. The third kappa shape index (κ3) is 7.20. The van der Waals surface area contributed by atoms with Gasteiger partial charge in [-0.15, -0.1) is 0 Å². The van der Waals surface area contributed by atoms with Crippen LogP contribution in [0.25, 0.3) is 0 Å². The lowest BCUT2D eigenvalue weighted by Crippen LogP contribution is -2.02. The molecule has 0 aromatic carbocycles. The van der Waals surface area contributed by atoms with Crippen LogP contribution in [0, 0.1) is 0 Å². The summed E-state index contributed by atoms with van der Waals surface area (Å²) in [5.41, 5.74) is 0. The lowest BCUT2D eigenvalue weighted by molar-refractivity contribution is 0.147. The van der Waals surface area contributed by atoms with Gasteiger partial charge in [-0.25, -0.2) is 9.59 Å². The quantitative estimate of drug-likeness (QED) is 0.518. The van der Waals surface area contributed by atoms with Crippen LogP contribution in [0.3, 0.4) is 0 Å². The molecule has 0 aliphatic heterocycles. The number of hydrogen-bond donors (Lipinski definition) is 0. The van der Waals surface area contributed by atoms with E-state index in [0.29, 0.717) is 0 Å². The van der Waals surface area contributed by atoms with Crippen LogP contribution in [0.15, 0.2) is 10.2 Å². The maximum Gasteiger partial charge on any atom is 0.452 e. The summed E-state index contributed by atoms with van der Waals surface area (Å²) in [6.45, 7) is 4.08. The lowest BCUT2D eigenvalue weighted by atomic mass is 10.4. The average molecular weight is 202 g/mol. The number of amides is 2. The van der Waals surface area contributed by atoms with Crippen LogP contribution in [-0.2, 0) is 9.47 Å². The topological polar surface area (TPSA) is 77.3 Å². The SMILES string of the molecule is CCCCOC(=O)/N=N/C(=O)OCC. The van der Waals surface area contributed by atoms with E-state index >= 15 is 0 Å². The standard InChI is InChI=1S/C8H14N2O4/c1-3-5-6-14-8(12)10-9-7(11)13-4-2/h3-6H2,1-2H3/b10-9+. The smallest absolute Gasteiger partial charge is 0.447 e. The number of carbonyl (C=O) groups is 2.